The Hall–Kier alpha value is 0.310. The number of rotatable bonds is 1. The van der Waals surface area contributed by atoms with Gasteiger partial charge >= 0.3 is 0 Å². The zero-order valence-electron chi connectivity index (χ0n) is 7.05. The third-order valence-corrected chi connectivity index (χ3v) is 4.48. The van der Waals surface area contributed by atoms with Crippen LogP contribution in [0.5, 0.6) is 0 Å². The molecule has 0 atom stereocenters. The normalized spacial score (nSPS) is 25.4. The first-order valence-corrected chi connectivity index (χ1v) is 6.21. The van der Waals surface area contributed by atoms with Gasteiger partial charge in [-0.05, 0) is 46.0 Å². The molecule has 1 heterocycles. The first kappa shape index (κ1) is 8.89. The van der Waals surface area contributed by atoms with Crippen molar-refractivity contribution in [1.29, 1.82) is 0 Å². The summed E-state index contributed by atoms with van der Waals surface area (Å²) < 4.78 is 1.31. The molecule has 2 rings (SSSR count). The summed E-state index contributed by atoms with van der Waals surface area (Å²) in [5.41, 5.74) is 0. The van der Waals surface area contributed by atoms with Crippen LogP contribution in [-0.4, -0.2) is 0 Å². The Kier molecular flexibility index (Phi) is 2.97. The lowest BCUT2D eigenvalue weighted by Crippen LogP contribution is -1.96. The van der Waals surface area contributed by atoms with Gasteiger partial charge in [-0.2, -0.15) is 0 Å². The molecule has 1 saturated carbocycles. The number of allylic oxidation sites excluding steroid dienone is 3. The molecule has 0 spiro atoms. The van der Waals surface area contributed by atoms with E-state index in [2.05, 4.69) is 28.1 Å². The molecule has 0 N–H and O–H groups in total. The molecular weight excluding hydrogens is 232 g/mol. The Morgan fingerprint density at radius 2 is 2.00 bits per heavy atom. The van der Waals surface area contributed by atoms with Gasteiger partial charge < -0.3 is 0 Å². The molecule has 2 heteroatoms. The highest BCUT2D eigenvalue weighted by Crippen LogP contribution is 2.43. The van der Waals surface area contributed by atoms with Crippen molar-refractivity contribution in [1.82, 2.24) is 0 Å². The molecule has 1 fully saturated rings. The zero-order valence-corrected chi connectivity index (χ0v) is 9.46. The highest BCUT2D eigenvalue weighted by atomic mass is 79.9. The summed E-state index contributed by atoms with van der Waals surface area (Å²) in [6.45, 7) is 0. The minimum Gasteiger partial charge on any atom is -0.0873 e. The average Bonchev–Trinajstić information content (AvgIpc) is 2.56. The topological polar surface area (TPSA) is 0 Å². The molecule has 0 amide bonds. The average molecular weight is 245 g/mol. The van der Waals surface area contributed by atoms with Gasteiger partial charge in [0.05, 0.1) is 3.81 Å². The lowest BCUT2D eigenvalue weighted by atomic mass is 10.1. The second kappa shape index (κ2) is 4.01. The summed E-state index contributed by atoms with van der Waals surface area (Å²) in [5, 5.41) is 0. The van der Waals surface area contributed by atoms with E-state index in [-0.39, 0.29) is 0 Å². The predicted octanol–water partition coefficient (Wildman–Crippen LogP) is 4.43. The summed E-state index contributed by atoms with van der Waals surface area (Å²) in [5.74, 6) is 0.885. The molecule has 0 radical (unpaired) electrons. The van der Waals surface area contributed by atoms with E-state index in [1.165, 1.54) is 29.5 Å². The van der Waals surface area contributed by atoms with Crippen molar-refractivity contribution in [3.63, 3.8) is 0 Å². The Morgan fingerprint density at radius 1 is 1.25 bits per heavy atom. The number of thioether (sulfide) groups is 1. The van der Waals surface area contributed by atoms with Gasteiger partial charge in [0.15, 0.2) is 0 Å². The quantitative estimate of drug-likeness (QED) is 0.658. The van der Waals surface area contributed by atoms with Crippen molar-refractivity contribution in [3.8, 4) is 0 Å². The van der Waals surface area contributed by atoms with E-state index in [1.807, 2.05) is 11.8 Å². The fourth-order valence-corrected chi connectivity index (χ4v) is 3.66. The summed E-state index contributed by atoms with van der Waals surface area (Å²) >= 11 is 5.48. The molecule has 0 aromatic rings. The molecule has 0 aromatic heterocycles. The van der Waals surface area contributed by atoms with Crippen LogP contribution in [-0.2, 0) is 0 Å². The standard InChI is InChI=1S/C10H13BrS/c11-10-7-3-6-9(12-10)8-4-1-2-5-8/h6-8H,1-5H2. The van der Waals surface area contributed by atoms with Gasteiger partial charge in [0.2, 0.25) is 0 Å². The molecule has 66 valence electrons. The molecule has 0 saturated heterocycles. The van der Waals surface area contributed by atoms with Crippen LogP contribution in [0.4, 0.5) is 0 Å². The maximum Gasteiger partial charge on any atom is 0.0511 e. The van der Waals surface area contributed by atoms with Crippen LogP contribution in [0.3, 0.4) is 0 Å². The SMILES string of the molecule is BrC1=CCC=C(C2CCCC2)S1. The largest absolute Gasteiger partial charge is 0.0873 e. The van der Waals surface area contributed by atoms with Crippen LogP contribution >= 0.6 is 27.7 Å². The Balaban J connectivity index is 1.99. The maximum absolute atomic E-state index is 3.56. The van der Waals surface area contributed by atoms with Gasteiger partial charge in [-0.15, -0.1) is 0 Å². The minimum absolute atomic E-state index is 0.885. The van der Waals surface area contributed by atoms with Crippen molar-refractivity contribution < 1.29 is 0 Å². The molecule has 1 aliphatic heterocycles. The van der Waals surface area contributed by atoms with Crippen molar-refractivity contribution in [2.75, 3.05) is 0 Å². The summed E-state index contributed by atoms with van der Waals surface area (Å²) in [4.78, 5) is 1.61. The second-order valence-electron chi connectivity index (χ2n) is 3.43. The van der Waals surface area contributed by atoms with Crippen molar-refractivity contribution in [2.24, 2.45) is 5.92 Å². The smallest absolute Gasteiger partial charge is 0.0511 e. The molecule has 2 aliphatic rings. The number of hydrogen-bond acceptors (Lipinski definition) is 1. The molecule has 1 aliphatic carbocycles. The molecule has 12 heavy (non-hydrogen) atoms. The molecular formula is C10H13BrS. The van der Waals surface area contributed by atoms with Crippen LogP contribution in [0.1, 0.15) is 32.1 Å². The number of halogens is 1. The van der Waals surface area contributed by atoms with Crippen molar-refractivity contribution >= 4 is 27.7 Å². The van der Waals surface area contributed by atoms with Gasteiger partial charge in [-0.25, -0.2) is 0 Å². The minimum atomic E-state index is 0.885. The van der Waals surface area contributed by atoms with Crippen LogP contribution in [0.2, 0.25) is 0 Å². The highest BCUT2D eigenvalue weighted by molar-refractivity contribution is 9.14. The monoisotopic (exact) mass is 244 g/mol. The zero-order chi connectivity index (χ0) is 8.39. The Morgan fingerprint density at radius 3 is 2.67 bits per heavy atom. The second-order valence-corrected chi connectivity index (χ2v) is 5.93. The molecule has 0 unspecified atom stereocenters. The van der Waals surface area contributed by atoms with E-state index < -0.39 is 0 Å². The van der Waals surface area contributed by atoms with Gasteiger partial charge in [-0.3, -0.25) is 0 Å². The van der Waals surface area contributed by atoms with Gasteiger partial charge in [0, 0.05) is 0 Å². The molecule has 0 aromatic carbocycles. The van der Waals surface area contributed by atoms with E-state index in [9.17, 15) is 0 Å². The fourth-order valence-electron chi connectivity index (χ4n) is 1.92. The Bertz CT molecular complexity index is 224. The predicted molar refractivity (Wildman–Crippen MR) is 59.3 cm³/mol. The van der Waals surface area contributed by atoms with Gasteiger partial charge in [-0.1, -0.05) is 36.8 Å². The first-order valence-electron chi connectivity index (χ1n) is 4.60. The lowest BCUT2D eigenvalue weighted by Gasteiger charge is -2.16. The van der Waals surface area contributed by atoms with Crippen LogP contribution < -0.4 is 0 Å². The first-order chi connectivity index (χ1) is 5.86. The molecule has 0 bridgehead atoms. The number of hydrogen-bond donors (Lipinski definition) is 0. The summed E-state index contributed by atoms with van der Waals surface area (Å²) in [7, 11) is 0. The van der Waals surface area contributed by atoms with Gasteiger partial charge in [0.1, 0.15) is 0 Å². The van der Waals surface area contributed by atoms with Crippen molar-refractivity contribution in [2.45, 2.75) is 32.1 Å². The highest BCUT2D eigenvalue weighted by Gasteiger charge is 2.21. The van der Waals surface area contributed by atoms with E-state index in [4.69, 9.17) is 0 Å². The third-order valence-electron chi connectivity index (χ3n) is 2.57. The van der Waals surface area contributed by atoms with Gasteiger partial charge in [0.25, 0.3) is 0 Å². The molecule has 0 nitrogen and oxygen atoms in total. The maximum atomic E-state index is 3.56. The van der Waals surface area contributed by atoms with E-state index in [0.29, 0.717) is 0 Å². The van der Waals surface area contributed by atoms with Crippen LogP contribution in [0.15, 0.2) is 20.9 Å². The van der Waals surface area contributed by atoms with Crippen molar-refractivity contribution in [3.05, 3.63) is 20.9 Å². The fraction of sp³-hybridized carbons (Fsp3) is 0.600. The third kappa shape index (κ3) is 1.97. The summed E-state index contributed by atoms with van der Waals surface area (Å²) in [6, 6.07) is 0. The van der Waals surface area contributed by atoms with Crippen LogP contribution in [0.25, 0.3) is 0 Å². The summed E-state index contributed by atoms with van der Waals surface area (Å²) in [6.07, 6.45) is 11.5. The Labute approximate surface area is 86.6 Å². The lowest BCUT2D eigenvalue weighted by molar-refractivity contribution is 0.673. The van der Waals surface area contributed by atoms with Crippen LogP contribution in [0, 0.1) is 5.92 Å². The van der Waals surface area contributed by atoms with E-state index in [0.717, 1.165) is 12.3 Å². The van der Waals surface area contributed by atoms with E-state index in [1.54, 1.807) is 4.91 Å². The van der Waals surface area contributed by atoms with E-state index >= 15 is 0 Å².